The molecule has 1 aliphatic rings. The second kappa shape index (κ2) is 6.75. The van der Waals surface area contributed by atoms with Crippen LogP contribution < -0.4 is 10.0 Å². The van der Waals surface area contributed by atoms with Crippen LogP contribution in [0.15, 0.2) is 11.0 Å². The predicted octanol–water partition coefficient (Wildman–Crippen LogP) is 2.01. The number of aryl methyl sites for hydroxylation is 1. The van der Waals surface area contributed by atoms with Crippen LogP contribution in [-0.4, -0.2) is 33.7 Å². The van der Waals surface area contributed by atoms with E-state index in [4.69, 9.17) is 4.74 Å². The fraction of sp³-hybridized carbons (Fsp3) is 0.714. The van der Waals surface area contributed by atoms with Gasteiger partial charge in [-0.25, -0.2) is 13.1 Å². The van der Waals surface area contributed by atoms with Crippen molar-refractivity contribution in [2.24, 2.45) is 0 Å². The van der Waals surface area contributed by atoms with E-state index in [0.29, 0.717) is 37.5 Å². The van der Waals surface area contributed by atoms with Crippen LogP contribution in [-0.2, 0) is 21.3 Å². The minimum atomic E-state index is -3.48. The first-order chi connectivity index (χ1) is 9.86. The first-order valence-electron chi connectivity index (χ1n) is 7.28. The molecule has 2 N–H and O–H groups in total. The standard InChI is InChI=1S/C14H24N2O3S2/c1-4-15-10-12-9-13(11(2)20-12)21(17,18)16-14(3)5-7-19-8-6-14/h9,15-16H,4-8,10H2,1-3H3. The lowest BCUT2D eigenvalue weighted by Gasteiger charge is -2.33. The molecule has 0 spiro atoms. The quantitative estimate of drug-likeness (QED) is 0.836. The Morgan fingerprint density at radius 1 is 1.38 bits per heavy atom. The van der Waals surface area contributed by atoms with Gasteiger partial charge in [-0.2, -0.15) is 0 Å². The Bertz CT molecular complexity index is 575. The van der Waals surface area contributed by atoms with E-state index in [2.05, 4.69) is 10.0 Å². The molecule has 1 fully saturated rings. The third-order valence-electron chi connectivity index (χ3n) is 3.74. The first kappa shape index (κ1) is 16.9. The van der Waals surface area contributed by atoms with Crippen LogP contribution in [0.2, 0.25) is 0 Å². The topological polar surface area (TPSA) is 67.4 Å². The first-order valence-corrected chi connectivity index (χ1v) is 9.58. The molecule has 0 radical (unpaired) electrons. The third-order valence-corrected chi connectivity index (χ3v) is 6.68. The zero-order valence-electron chi connectivity index (χ0n) is 12.9. The molecule has 0 aromatic carbocycles. The molecule has 1 aliphatic heterocycles. The van der Waals surface area contributed by atoms with Crippen molar-refractivity contribution in [3.05, 3.63) is 15.8 Å². The molecule has 2 heterocycles. The molecule has 1 aromatic rings. The maximum atomic E-state index is 12.6. The lowest BCUT2D eigenvalue weighted by molar-refractivity contribution is 0.0537. The van der Waals surface area contributed by atoms with E-state index in [-0.39, 0.29) is 0 Å². The molecule has 0 atom stereocenters. The number of ether oxygens (including phenoxy) is 1. The molecule has 0 amide bonds. The van der Waals surface area contributed by atoms with Gasteiger partial charge >= 0.3 is 0 Å². The van der Waals surface area contributed by atoms with Gasteiger partial charge in [0.25, 0.3) is 0 Å². The van der Waals surface area contributed by atoms with Gasteiger partial charge < -0.3 is 10.1 Å². The summed E-state index contributed by atoms with van der Waals surface area (Å²) in [5.74, 6) is 0. The maximum Gasteiger partial charge on any atom is 0.242 e. The number of thiophene rings is 1. The Balaban J connectivity index is 2.17. The highest BCUT2D eigenvalue weighted by atomic mass is 32.2. The summed E-state index contributed by atoms with van der Waals surface area (Å²) in [4.78, 5) is 2.30. The Morgan fingerprint density at radius 3 is 2.67 bits per heavy atom. The number of nitrogens with one attached hydrogen (secondary N) is 2. The molecule has 0 saturated carbocycles. The van der Waals surface area contributed by atoms with Crippen LogP contribution in [0, 0.1) is 6.92 Å². The summed E-state index contributed by atoms with van der Waals surface area (Å²) in [6.07, 6.45) is 1.42. The van der Waals surface area contributed by atoms with Gasteiger partial charge in [0.1, 0.15) is 0 Å². The molecular weight excluding hydrogens is 308 g/mol. The minimum Gasteiger partial charge on any atom is -0.381 e. The molecule has 7 heteroatoms. The van der Waals surface area contributed by atoms with Gasteiger partial charge in [-0.1, -0.05) is 6.92 Å². The largest absolute Gasteiger partial charge is 0.381 e. The smallest absolute Gasteiger partial charge is 0.242 e. The van der Waals surface area contributed by atoms with Crippen molar-refractivity contribution in [1.29, 1.82) is 0 Å². The maximum absolute atomic E-state index is 12.6. The molecule has 0 bridgehead atoms. The zero-order chi connectivity index (χ0) is 15.5. The molecule has 0 unspecified atom stereocenters. The van der Waals surface area contributed by atoms with Gasteiger partial charge in [0, 0.05) is 35.1 Å². The van der Waals surface area contributed by atoms with Crippen molar-refractivity contribution in [2.45, 2.75) is 50.6 Å². The predicted molar refractivity (Wildman–Crippen MR) is 85.2 cm³/mol. The fourth-order valence-corrected chi connectivity index (χ4v) is 5.50. The summed E-state index contributed by atoms with van der Waals surface area (Å²) in [7, 11) is -3.48. The molecule has 21 heavy (non-hydrogen) atoms. The molecule has 0 aliphatic carbocycles. The van der Waals surface area contributed by atoms with Crippen LogP contribution in [0.3, 0.4) is 0 Å². The van der Waals surface area contributed by atoms with Gasteiger partial charge in [-0.05, 0) is 39.3 Å². The van der Waals surface area contributed by atoms with E-state index < -0.39 is 15.6 Å². The highest BCUT2D eigenvalue weighted by molar-refractivity contribution is 7.89. The van der Waals surface area contributed by atoms with Gasteiger partial charge in [0.15, 0.2) is 0 Å². The summed E-state index contributed by atoms with van der Waals surface area (Å²) >= 11 is 1.54. The summed E-state index contributed by atoms with van der Waals surface area (Å²) in [6, 6.07) is 1.79. The highest BCUT2D eigenvalue weighted by Crippen LogP contribution is 2.28. The minimum absolute atomic E-state index is 0.409. The van der Waals surface area contributed by atoms with E-state index in [0.717, 1.165) is 16.3 Å². The Kier molecular flexibility index (Phi) is 5.43. The Labute approximate surface area is 131 Å². The average molecular weight is 332 g/mol. The molecule has 120 valence electrons. The summed E-state index contributed by atoms with van der Waals surface area (Å²) < 4.78 is 33.5. The van der Waals surface area contributed by atoms with E-state index in [1.807, 2.05) is 20.8 Å². The van der Waals surface area contributed by atoms with Crippen LogP contribution in [0.4, 0.5) is 0 Å². The van der Waals surface area contributed by atoms with E-state index in [1.165, 1.54) is 11.3 Å². The van der Waals surface area contributed by atoms with Crippen LogP contribution in [0.1, 0.15) is 36.4 Å². The number of hydrogen-bond donors (Lipinski definition) is 2. The number of hydrogen-bond acceptors (Lipinski definition) is 5. The lowest BCUT2D eigenvalue weighted by Crippen LogP contribution is -2.49. The van der Waals surface area contributed by atoms with Gasteiger partial charge in [-0.3, -0.25) is 0 Å². The van der Waals surface area contributed by atoms with Gasteiger partial charge in [0.2, 0.25) is 10.0 Å². The van der Waals surface area contributed by atoms with Crippen LogP contribution in [0.25, 0.3) is 0 Å². The number of rotatable bonds is 6. The summed E-state index contributed by atoms with van der Waals surface area (Å²) in [6.45, 7) is 8.64. The van der Waals surface area contributed by atoms with E-state index >= 15 is 0 Å². The van der Waals surface area contributed by atoms with E-state index in [1.54, 1.807) is 6.07 Å². The van der Waals surface area contributed by atoms with Crippen molar-refractivity contribution in [3.63, 3.8) is 0 Å². The average Bonchev–Trinajstić information content (AvgIpc) is 2.78. The third kappa shape index (κ3) is 4.26. The van der Waals surface area contributed by atoms with Crippen molar-refractivity contribution in [1.82, 2.24) is 10.0 Å². The molecular formula is C14H24N2O3S2. The fourth-order valence-electron chi connectivity index (χ4n) is 2.43. The summed E-state index contributed by atoms with van der Waals surface area (Å²) in [5.41, 5.74) is -0.409. The highest BCUT2D eigenvalue weighted by Gasteiger charge is 2.33. The monoisotopic (exact) mass is 332 g/mol. The second-order valence-electron chi connectivity index (χ2n) is 5.69. The van der Waals surface area contributed by atoms with Crippen LogP contribution in [0.5, 0.6) is 0 Å². The Morgan fingerprint density at radius 2 is 2.05 bits per heavy atom. The summed E-state index contributed by atoms with van der Waals surface area (Å²) in [5, 5.41) is 3.22. The molecule has 2 rings (SSSR count). The van der Waals surface area contributed by atoms with Gasteiger partial charge in [0.05, 0.1) is 4.90 Å². The number of sulfonamides is 1. The van der Waals surface area contributed by atoms with Crippen LogP contribution >= 0.6 is 11.3 Å². The SMILES string of the molecule is CCNCc1cc(S(=O)(=O)NC2(C)CCOCC2)c(C)s1. The molecule has 1 saturated heterocycles. The molecule has 1 aromatic heterocycles. The zero-order valence-corrected chi connectivity index (χ0v) is 14.5. The van der Waals surface area contributed by atoms with E-state index in [9.17, 15) is 8.42 Å². The Hall–Kier alpha value is -0.470. The second-order valence-corrected chi connectivity index (χ2v) is 8.68. The molecule has 5 nitrogen and oxygen atoms in total. The van der Waals surface area contributed by atoms with Crippen molar-refractivity contribution in [3.8, 4) is 0 Å². The van der Waals surface area contributed by atoms with Gasteiger partial charge in [-0.15, -0.1) is 11.3 Å². The van der Waals surface area contributed by atoms with Crippen molar-refractivity contribution in [2.75, 3.05) is 19.8 Å². The van der Waals surface area contributed by atoms with Crippen molar-refractivity contribution >= 4 is 21.4 Å². The lowest BCUT2D eigenvalue weighted by atomic mass is 9.94. The normalized spacial score (nSPS) is 18.8. The van der Waals surface area contributed by atoms with Crippen molar-refractivity contribution < 1.29 is 13.2 Å².